The molecule has 1 amide bonds. The minimum absolute atomic E-state index is 0.311. The Morgan fingerprint density at radius 1 is 1.30 bits per heavy atom. The van der Waals surface area contributed by atoms with Crippen molar-refractivity contribution >= 4 is 17.7 Å². The maximum Gasteiger partial charge on any atom is 0.410 e. The van der Waals surface area contributed by atoms with E-state index in [2.05, 4.69) is 14.5 Å². The number of fused-ring (bicyclic) bond motifs is 1. The van der Waals surface area contributed by atoms with Crippen LogP contribution in [0.4, 0.5) is 4.79 Å². The molecule has 0 saturated carbocycles. The number of pyridine rings is 1. The van der Waals surface area contributed by atoms with Crippen molar-refractivity contribution in [1.29, 1.82) is 0 Å². The van der Waals surface area contributed by atoms with Crippen molar-refractivity contribution in [1.82, 2.24) is 19.4 Å². The normalized spacial score (nSPS) is 14.5. The molecule has 0 aromatic carbocycles. The molecule has 0 atom stereocenters. The molecular formula is C16H19ClN4O2. The fourth-order valence-corrected chi connectivity index (χ4v) is 2.66. The lowest BCUT2D eigenvalue weighted by Crippen LogP contribution is -2.41. The van der Waals surface area contributed by atoms with Crippen molar-refractivity contribution in [3.63, 3.8) is 0 Å². The van der Waals surface area contributed by atoms with E-state index in [1.165, 1.54) is 0 Å². The molecule has 0 fully saturated rings. The lowest BCUT2D eigenvalue weighted by molar-refractivity contribution is 0.0196. The van der Waals surface area contributed by atoms with Crippen LogP contribution in [0.25, 0.3) is 11.4 Å². The van der Waals surface area contributed by atoms with Crippen molar-refractivity contribution in [3.8, 4) is 11.4 Å². The van der Waals surface area contributed by atoms with Crippen LogP contribution in [0.15, 0.2) is 24.4 Å². The largest absolute Gasteiger partial charge is 0.444 e. The van der Waals surface area contributed by atoms with Gasteiger partial charge in [0.15, 0.2) is 0 Å². The maximum atomic E-state index is 12.2. The van der Waals surface area contributed by atoms with Crippen molar-refractivity contribution in [2.75, 3.05) is 6.54 Å². The summed E-state index contributed by atoms with van der Waals surface area (Å²) in [6, 6.07) is 5.50. The van der Waals surface area contributed by atoms with Crippen molar-refractivity contribution in [2.45, 2.75) is 39.5 Å². The zero-order valence-corrected chi connectivity index (χ0v) is 14.2. The van der Waals surface area contributed by atoms with Gasteiger partial charge in [-0.05, 0) is 32.9 Å². The highest BCUT2D eigenvalue weighted by atomic mass is 35.5. The molecule has 2 aromatic heterocycles. The van der Waals surface area contributed by atoms with Gasteiger partial charge in [0.1, 0.15) is 16.6 Å². The van der Waals surface area contributed by atoms with Gasteiger partial charge in [0.05, 0.1) is 24.1 Å². The van der Waals surface area contributed by atoms with Gasteiger partial charge in [-0.25, -0.2) is 14.8 Å². The number of imidazole rings is 1. The Hall–Kier alpha value is -2.08. The molecule has 0 aliphatic carbocycles. The summed E-state index contributed by atoms with van der Waals surface area (Å²) in [6.07, 6.45) is 1.46. The standard InChI is InChI=1S/C16H19ClN4O2/c1-16(2,3)23-15(22)20-7-8-21-12(9-18-14(21)10-20)11-5-4-6-13(17)19-11/h4-6,9H,7-8,10H2,1-3H3. The van der Waals surface area contributed by atoms with E-state index in [1.807, 2.05) is 32.9 Å². The number of carbonyl (C=O) groups excluding carboxylic acids is 1. The fourth-order valence-electron chi connectivity index (χ4n) is 2.50. The zero-order valence-electron chi connectivity index (χ0n) is 13.4. The van der Waals surface area contributed by atoms with E-state index in [4.69, 9.17) is 16.3 Å². The SMILES string of the molecule is CC(C)(C)OC(=O)N1CCn2c(-c3cccc(Cl)n3)cnc2C1. The van der Waals surface area contributed by atoms with Crippen molar-refractivity contribution < 1.29 is 9.53 Å². The van der Waals surface area contributed by atoms with Gasteiger partial charge in [0, 0.05) is 13.1 Å². The van der Waals surface area contributed by atoms with E-state index < -0.39 is 5.60 Å². The Morgan fingerprint density at radius 3 is 2.78 bits per heavy atom. The molecule has 122 valence electrons. The van der Waals surface area contributed by atoms with Crippen LogP contribution in [0.3, 0.4) is 0 Å². The monoisotopic (exact) mass is 334 g/mol. The molecule has 0 spiro atoms. The predicted octanol–water partition coefficient (Wildman–Crippen LogP) is 3.35. The van der Waals surface area contributed by atoms with Crippen LogP contribution in [0.2, 0.25) is 5.15 Å². The van der Waals surface area contributed by atoms with E-state index in [9.17, 15) is 4.79 Å². The average molecular weight is 335 g/mol. The van der Waals surface area contributed by atoms with E-state index in [0.717, 1.165) is 17.2 Å². The fraction of sp³-hybridized carbons (Fsp3) is 0.438. The first-order valence-corrected chi connectivity index (χ1v) is 7.86. The van der Waals surface area contributed by atoms with Gasteiger partial charge in [-0.2, -0.15) is 0 Å². The minimum Gasteiger partial charge on any atom is -0.444 e. The van der Waals surface area contributed by atoms with E-state index >= 15 is 0 Å². The summed E-state index contributed by atoms with van der Waals surface area (Å²) in [5.74, 6) is 0.818. The second-order valence-corrected chi connectivity index (χ2v) is 6.85. The van der Waals surface area contributed by atoms with Crippen LogP contribution in [0.1, 0.15) is 26.6 Å². The number of nitrogens with zero attached hydrogens (tertiary/aromatic N) is 4. The van der Waals surface area contributed by atoms with E-state index in [1.54, 1.807) is 17.2 Å². The molecule has 0 bridgehead atoms. The third-order valence-corrected chi connectivity index (χ3v) is 3.70. The van der Waals surface area contributed by atoms with Crippen LogP contribution < -0.4 is 0 Å². The molecule has 2 aromatic rings. The van der Waals surface area contributed by atoms with E-state index in [-0.39, 0.29) is 6.09 Å². The quantitative estimate of drug-likeness (QED) is 0.750. The number of amides is 1. The number of ether oxygens (including phenoxy) is 1. The molecule has 0 unspecified atom stereocenters. The van der Waals surface area contributed by atoms with Crippen molar-refractivity contribution in [3.05, 3.63) is 35.4 Å². The second-order valence-electron chi connectivity index (χ2n) is 6.46. The molecule has 0 saturated heterocycles. The van der Waals surface area contributed by atoms with Crippen LogP contribution in [-0.4, -0.2) is 37.7 Å². The first-order chi connectivity index (χ1) is 10.8. The molecular weight excluding hydrogens is 316 g/mol. The molecule has 0 N–H and O–H groups in total. The summed E-state index contributed by atoms with van der Waals surface area (Å²) in [5, 5.41) is 0.448. The Balaban J connectivity index is 1.80. The lowest BCUT2D eigenvalue weighted by Gasteiger charge is -2.30. The van der Waals surface area contributed by atoms with Crippen LogP contribution in [0.5, 0.6) is 0 Å². The van der Waals surface area contributed by atoms with Gasteiger partial charge < -0.3 is 9.30 Å². The molecule has 6 nitrogen and oxygen atoms in total. The Bertz CT molecular complexity index is 736. The molecule has 3 rings (SSSR count). The Labute approximate surface area is 140 Å². The Morgan fingerprint density at radius 2 is 2.09 bits per heavy atom. The van der Waals surface area contributed by atoms with Gasteiger partial charge in [0.2, 0.25) is 0 Å². The highest BCUT2D eigenvalue weighted by Gasteiger charge is 2.27. The number of halogens is 1. The van der Waals surface area contributed by atoms with Crippen LogP contribution >= 0.6 is 11.6 Å². The van der Waals surface area contributed by atoms with Gasteiger partial charge in [-0.15, -0.1) is 0 Å². The first-order valence-electron chi connectivity index (χ1n) is 7.49. The predicted molar refractivity (Wildman–Crippen MR) is 87.1 cm³/mol. The number of hydrogen-bond acceptors (Lipinski definition) is 4. The molecule has 1 aliphatic rings. The highest BCUT2D eigenvalue weighted by molar-refractivity contribution is 6.29. The van der Waals surface area contributed by atoms with E-state index in [0.29, 0.717) is 24.8 Å². The summed E-state index contributed by atoms with van der Waals surface area (Å²) in [5.41, 5.74) is 1.19. The number of hydrogen-bond donors (Lipinski definition) is 0. The summed E-state index contributed by atoms with van der Waals surface area (Å²) >= 11 is 5.96. The molecule has 0 radical (unpaired) electrons. The average Bonchev–Trinajstić information content (AvgIpc) is 2.88. The minimum atomic E-state index is -0.500. The zero-order chi connectivity index (χ0) is 16.6. The molecule has 3 heterocycles. The molecule has 7 heteroatoms. The highest BCUT2D eigenvalue weighted by Crippen LogP contribution is 2.24. The van der Waals surface area contributed by atoms with Gasteiger partial charge in [-0.1, -0.05) is 17.7 Å². The van der Waals surface area contributed by atoms with Gasteiger partial charge in [-0.3, -0.25) is 4.90 Å². The Kier molecular flexibility index (Phi) is 4.02. The second kappa shape index (κ2) is 5.85. The third-order valence-electron chi connectivity index (χ3n) is 3.49. The third kappa shape index (κ3) is 3.47. The summed E-state index contributed by atoms with van der Waals surface area (Å²) in [7, 11) is 0. The smallest absolute Gasteiger partial charge is 0.410 e. The summed E-state index contributed by atoms with van der Waals surface area (Å²) in [4.78, 5) is 22.6. The van der Waals surface area contributed by atoms with Crippen LogP contribution in [-0.2, 0) is 17.8 Å². The first kappa shape index (κ1) is 15.8. The summed E-state index contributed by atoms with van der Waals surface area (Å²) in [6.45, 7) is 7.23. The maximum absolute atomic E-state index is 12.2. The van der Waals surface area contributed by atoms with Crippen molar-refractivity contribution in [2.24, 2.45) is 0 Å². The lowest BCUT2D eigenvalue weighted by atomic mass is 10.2. The number of carbonyl (C=O) groups is 1. The van der Waals surface area contributed by atoms with Crippen LogP contribution in [0, 0.1) is 0 Å². The number of aromatic nitrogens is 3. The van der Waals surface area contributed by atoms with Gasteiger partial charge >= 0.3 is 6.09 Å². The summed E-state index contributed by atoms with van der Waals surface area (Å²) < 4.78 is 7.49. The topological polar surface area (TPSA) is 60.2 Å². The molecule has 23 heavy (non-hydrogen) atoms. The molecule has 1 aliphatic heterocycles. The van der Waals surface area contributed by atoms with Gasteiger partial charge in [0.25, 0.3) is 0 Å². The number of rotatable bonds is 1.